The van der Waals surface area contributed by atoms with Gasteiger partial charge in [0.15, 0.2) is 0 Å². The van der Waals surface area contributed by atoms with Crippen LogP contribution in [0, 0.1) is 17.8 Å². The summed E-state index contributed by atoms with van der Waals surface area (Å²) in [5, 5.41) is 11.4. The Morgan fingerprint density at radius 1 is 0.518 bits per heavy atom. The Hall–Kier alpha value is -6.86. The molecule has 590 valence electrons. The zero-order valence-corrected chi connectivity index (χ0v) is 69.6. The number of imidazole rings is 3. The number of piperidine rings is 3. The van der Waals surface area contributed by atoms with Crippen LogP contribution in [0.5, 0.6) is 0 Å². The molecule has 0 spiro atoms. The van der Waals surface area contributed by atoms with E-state index in [9.17, 15) is 41.8 Å². The van der Waals surface area contributed by atoms with E-state index in [2.05, 4.69) is 95.1 Å². The van der Waals surface area contributed by atoms with Crippen LogP contribution in [0.4, 0.5) is 17.6 Å². The molecule has 27 heteroatoms. The van der Waals surface area contributed by atoms with Gasteiger partial charge in [-0.25, -0.2) is 32.5 Å². The number of aliphatic hydroxyl groups is 1. The summed E-state index contributed by atoms with van der Waals surface area (Å²) in [6.45, 7) is 5.40. The van der Waals surface area contributed by atoms with E-state index in [4.69, 9.17) is 40.5 Å². The zero-order valence-electron chi connectivity index (χ0n) is 62.6. The van der Waals surface area contributed by atoms with E-state index in [-0.39, 0.29) is 68.5 Å². The van der Waals surface area contributed by atoms with Crippen molar-refractivity contribution in [1.29, 1.82) is 0 Å². The molecule has 6 aromatic carbocycles. The fraction of sp³-hybridized carbons (Fsp3) is 0.424. The first-order chi connectivity index (χ1) is 53.6. The maximum absolute atomic E-state index is 13.6. The van der Waals surface area contributed by atoms with Gasteiger partial charge in [-0.15, -0.1) is 12.4 Å². The van der Waals surface area contributed by atoms with Gasteiger partial charge in [0.1, 0.15) is 23.8 Å². The van der Waals surface area contributed by atoms with Gasteiger partial charge in [-0.05, 0) is 152 Å². The van der Waals surface area contributed by atoms with Crippen LogP contribution in [0.25, 0.3) is 34.2 Å². The van der Waals surface area contributed by atoms with Crippen LogP contribution < -0.4 is 0 Å². The van der Waals surface area contributed by atoms with Crippen LogP contribution in [0.15, 0.2) is 183 Å². The molecule has 112 heavy (non-hydrogen) atoms. The zero-order chi connectivity index (χ0) is 78.1. The van der Waals surface area contributed by atoms with E-state index in [0.717, 1.165) is 125 Å². The predicted molar refractivity (Wildman–Crippen MR) is 451 cm³/mol. The quantitative estimate of drug-likeness (QED) is 0.0233. The molecule has 3 unspecified atom stereocenters. The second-order valence-electron chi connectivity index (χ2n) is 30.2. The van der Waals surface area contributed by atoms with E-state index in [1.165, 1.54) is 5.56 Å². The Labute approximate surface area is 688 Å². The molecule has 1 N–H and O–H groups in total. The van der Waals surface area contributed by atoms with Gasteiger partial charge >= 0.3 is 46.5 Å². The van der Waals surface area contributed by atoms with Gasteiger partial charge in [0.25, 0.3) is 5.92 Å². The number of aliphatic hydroxyl groups excluding tert-OH is 1. The van der Waals surface area contributed by atoms with E-state index in [0.29, 0.717) is 118 Å². The molecule has 1 saturated carbocycles. The van der Waals surface area contributed by atoms with Crippen LogP contribution in [-0.2, 0) is 47.6 Å². The Morgan fingerprint density at radius 2 is 0.848 bits per heavy atom. The Kier molecular flexibility index (Phi) is 28.2. The van der Waals surface area contributed by atoms with Gasteiger partial charge in [0, 0.05) is 172 Å². The number of hydrogen-bond acceptors (Lipinski definition) is 10. The third-order valence-corrected chi connectivity index (χ3v) is 30.8. The second kappa shape index (κ2) is 37.4. The van der Waals surface area contributed by atoms with Crippen LogP contribution in [-0.4, -0.2) is 165 Å². The van der Waals surface area contributed by atoms with E-state index < -0.39 is 47.5 Å². The number of aldehydes is 1. The van der Waals surface area contributed by atoms with Crippen molar-refractivity contribution in [2.75, 3.05) is 70.4 Å². The van der Waals surface area contributed by atoms with E-state index in [1.807, 2.05) is 153 Å². The number of nitrogens with zero attached hydrogens (tertiary/aromatic N) is 10. The number of carbonyl (C=O) groups is 4. The molecular weight excluding hydrogens is 1660 g/mol. The van der Waals surface area contributed by atoms with Gasteiger partial charge < -0.3 is 38.3 Å². The van der Waals surface area contributed by atoms with Crippen LogP contribution in [0.2, 0.25) is 15.1 Å². The maximum atomic E-state index is 13.6. The summed E-state index contributed by atoms with van der Waals surface area (Å²) in [5.41, 5.74) is 13.8. The van der Waals surface area contributed by atoms with Crippen molar-refractivity contribution in [3.05, 3.63) is 231 Å². The van der Waals surface area contributed by atoms with Crippen LogP contribution in [0.3, 0.4) is 0 Å². The topological polar surface area (TPSA) is 155 Å². The number of amides is 3. The predicted octanol–water partition coefficient (Wildman–Crippen LogP) is 18.7. The molecule has 3 aromatic heterocycles. The Balaban J connectivity index is 0.000000145. The first kappa shape index (κ1) is 84.5. The second-order valence-corrected chi connectivity index (χ2v) is 42.0. The van der Waals surface area contributed by atoms with E-state index >= 15 is 0 Å². The van der Waals surface area contributed by atoms with Gasteiger partial charge in [0.2, 0.25) is 23.6 Å². The number of carbonyl (C=O) groups excluding carboxylic acids is 4. The number of halogens is 9. The van der Waals surface area contributed by atoms with Gasteiger partial charge in [0.05, 0.1) is 23.2 Å². The molecule has 0 bridgehead atoms. The molecule has 7 aliphatic heterocycles. The fourth-order valence-corrected chi connectivity index (χ4v) is 18.1. The number of aromatic nitrogens is 6. The van der Waals surface area contributed by atoms with Crippen molar-refractivity contribution < 1.29 is 41.8 Å². The van der Waals surface area contributed by atoms with Crippen molar-refractivity contribution in [2.45, 2.75) is 138 Å². The average molecular weight is 1750 g/mol. The number of hydrogen-bond donors (Lipinski definition) is 1. The molecule has 3 atom stereocenters. The van der Waals surface area contributed by atoms with Crippen molar-refractivity contribution in [3.8, 4) is 34.2 Å². The number of likely N-dealkylation sites (tertiary alicyclic amines) is 4. The monoisotopic (exact) mass is 1750 g/mol. The molecule has 8 aliphatic rings. The molecule has 15 nitrogen and oxygen atoms in total. The fourth-order valence-electron chi connectivity index (χ4n) is 17.8. The molecule has 1 aliphatic carbocycles. The standard InChI is InChI=1S/C29H31ClF2N4O.C25H26ClN3O2.C25H24ClN3O2.C5H8F2.CH3BIPS.ClH/c30-23-7-5-22(6-8-23)29(25-4-2-1-3-24(25)27-33-14-18-36(27)29)12-9-26(37)35-15-10-21(11-16-35)19-34-17-13-28(31,32)20-34;2*26-20-7-5-19(6-8-20)25(12-9-23(31)28-14-10-18(17-30)11-15-28)22-4-2-1-3-21(22)24-27-13-16-29(24)25;6-5(7)3-1-2-4-5;1-3(2)4-5;/h1-8,14,18,21H,9-13,15-17,19-20H2;1-8,13,16,18,30H,9-12,14-15,17H2;1-8,13,16-18H,9-12,14-15H2;1-4H2;1H3;1H. The summed E-state index contributed by atoms with van der Waals surface area (Å²) in [6, 6.07) is 48.7. The first-order valence-electron chi connectivity index (χ1n) is 38.3. The SMILES string of the molecule is Cl.FC1(F)CCCC1.O=C(CCC1(c2ccc(Cl)cc2)c2ccccc2-c2nccn21)N1CCC(CN2CCC(F)(F)C2)CC1.O=C(CCC1(c2ccc(Cl)cc2)c2ccccc2-c2nccn21)N1CCC(CO)CC1.O=CC1CCN(C(=O)CCC2(c3ccc(Cl)cc3)c3ccccc3-c3nccn32)CC1.[B]I(C)P=S. The van der Waals surface area contributed by atoms with Crippen LogP contribution >= 0.6 is 71.3 Å². The van der Waals surface area contributed by atoms with Crippen molar-refractivity contribution in [2.24, 2.45) is 17.8 Å². The summed E-state index contributed by atoms with van der Waals surface area (Å²) in [7, 11) is 0. The number of rotatable bonds is 17. The molecule has 17 rings (SSSR count). The molecule has 2 radical (unpaired) electrons. The third-order valence-electron chi connectivity index (χ3n) is 23.6. The molecule has 4 saturated heterocycles. The van der Waals surface area contributed by atoms with Crippen LogP contribution in [0.1, 0.15) is 143 Å². The Bertz CT molecular complexity index is 4710. The van der Waals surface area contributed by atoms with Gasteiger partial charge in [-0.2, -0.15) is 0 Å². The minimum absolute atomic E-state index is 0. The molecule has 3 amide bonds. The molecule has 5 fully saturated rings. The number of alkyl halides is 5. The number of fused-ring (bicyclic) bond motifs is 9. The summed E-state index contributed by atoms with van der Waals surface area (Å²) >= 11 is 22.2. The van der Waals surface area contributed by atoms with Crippen molar-refractivity contribution in [3.63, 3.8) is 0 Å². The minimum atomic E-state index is -2.55. The summed E-state index contributed by atoms with van der Waals surface area (Å²) in [4.78, 5) is 75.4. The normalized spacial score (nSPS) is 21.3. The van der Waals surface area contributed by atoms with Crippen molar-refractivity contribution >= 4 is 113 Å². The Morgan fingerprint density at radius 3 is 1.14 bits per heavy atom. The van der Waals surface area contributed by atoms with Gasteiger partial charge in [-0.3, -0.25) is 19.3 Å². The number of benzene rings is 6. The summed E-state index contributed by atoms with van der Waals surface area (Å²) in [6.07, 6.45) is 22.3. The van der Waals surface area contributed by atoms with Crippen molar-refractivity contribution in [1.82, 2.24) is 48.3 Å². The first-order valence-corrected chi connectivity index (χ1v) is 47.6. The molecular formula is C85H93BCl4F4IN10O5PS. The average Bonchev–Trinajstić information content (AvgIpc) is 1.57. The van der Waals surface area contributed by atoms with Gasteiger partial charge in [-0.1, -0.05) is 144 Å². The van der Waals surface area contributed by atoms with E-state index in [1.54, 1.807) is 0 Å². The molecule has 9 aromatic rings. The molecule has 10 heterocycles. The third kappa shape index (κ3) is 18.4. The summed E-state index contributed by atoms with van der Waals surface area (Å²) in [5.74, 6) is -0.860. The summed E-state index contributed by atoms with van der Waals surface area (Å²) < 4.78 is 57.6.